The summed E-state index contributed by atoms with van der Waals surface area (Å²) in [7, 11) is 0. The van der Waals surface area contributed by atoms with E-state index in [0.717, 1.165) is 6.07 Å². The first-order valence-electron chi connectivity index (χ1n) is 4.01. The molecular weight excluding hydrogens is 187 g/mol. The summed E-state index contributed by atoms with van der Waals surface area (Å²) in [4.78, 5) is 14.5. The average molecular weight is 198 g/mol. The minimum atomic E-state index is -1.58. The molecule has 0 spiro atoms. The van der Waals surface area contributed by atoms with E-state index < -0.39 is 17.3 Å². The number of halogens is 1. The lowest BCUT2D eigenvalue weighted by molar-refractivity contribution is -0.143. The molecule has 1 unspecified atom stereocenters. The van der Waals surface area contributed by atoms with Crippen LogP contribution in [0, 0.1) is 12.7 Å². The molecule has 14 heavy (non-hydrogen) atoms. The molecule has 4 nitrogen and oxygen atoms in total. The number of aryl methyl sites for hydroxylation is 1. The molecule has 0 aliphatic heterocycles. The fraction of sp³-hybridized carbons (Fsp3) is 0.333. The molecule has 76 valence electrons. The summed E-state index contributed by atoms with van der Waals surface area (Å²) >= 11 is 0. The van der Waals surface area contributed by atoms with Crippen LogP contribution in [-0.2, 0) is 10.3 Å². The Morgan fingerprint density at radius 1 is 1.64 bits per heavy atom. The van der Waals surface area contributed by atoms with E-state index >= 15 is 0 Å². The highest BCUT2D eigenvalue weighted by atomic mass is 19.1. The monoisotopic (exact) mass is 198 g/mol. The average Bonchev–Trinajstić information content (AvgIpc) is 2.09. The van der Waals surface area contributed by atoms with E-state index in [2.05, 4.69) is 4.98 Å². The van der Waals surface area contributed by atoms with Crippen molar-refractivity contribution in [3.05, 3.63) is 29.3 Å². The van der Waals surface area contributed by atoms with Gasteiger partial charge < -0.3 is 10.8 Å². The summed E-state index contributed by atoms with van der Waals surface area (Å²) in [6, 6.07) is 2.43. The van der Waals surface area contributed by atoms with Gasteiger partial charge in [-0.15, -0.1) is 0 Å². The Hall–Kier alpha value is -1.49. The van der Waals surface area contributed by atoms with Crippen LogP contribution >= 0.6 is 0 Å². The van der Waals surface area contributed by atoms with E-state index in [1.807, 2.05) is 0 Å². The van der Waals surface area contributed by atoms with Crippen LogP contribution in [0.4, 0.5) is 4.39 Å². The van der Waals surface area contributed by atoms with E-state index in [1.165, 1.54) is 19.9 Å². The minimum Gasteiger partial charge on any atom is -0.480 e. The summed E-state index contributed by atoms with van der Waals surface area (Å²) in [6.07, 6.45) is 0. The Kier molecular flexibility index (Phi) is 2.53. The van der Waals surface area contributed by atoms with Gasteiger partial charge in [-0.1, -0.05) is 0 Å². The van der Waals surface area contributed by atoms with Crippen LogP contribution in [0.15, 0.2) is 12.1 Å². The Bertz CT molecular complexity index is 377. The highest BCUT2D eigenvalue weighted by Crippen LogP contribution is 2.17. The van der Waals surface area contributed by atoms with Crippen LogP contribution in [0.1, 0.15) is 18.3 Å². The molecule has 0 radical (unpaired) electrons. The fourth-order valence-electron chi connectivity index (χ4n) is 0.943. The van der Waals surface area contributed by atoms with Crippen LogP contribution in [-0.4, -0.2) is 16.1 Å². The molecular formula is C9H11FN2O2. The number of hydrogen-bond acceptors (Lipinski definition) is 3. The van der Waals surface area contributed by atoms with Crippen molar-refractivity contribution in [2.45, 2.75) is 19.4 Å². The number of nitrogens with two attached hydrogens (primary N) is 1. The van der Waals surface area contributed by atoms with Gasteiger partial charge in [-0.3, -0.25) is 4.98 Å². The highest BCUT2D eigenvalue weighted by Gasteiger charge is 2.32. The summed E-state index contributed by atoms with van der Waals surface area (Å²) in [5.41, 5.74) is 4.21. The van der Waals surface area contributed by atoms with Gasteiger partial charge in [-0.25, -0.2) is 9.18 Å². The lowest BCUT2D eigenvalue weighted by atomic mass is 9.99. The Morgan fingerprint density at radius 2 is 2.21 bits per heavy atom. The van der Waals surface area contributed by atoms with Gasteiger partial charge in [0.1, 0.15) is 5.82 Å². The van der Waals surface area contributed by atoms with Gasteiger partial charge in [0.25, 0.3) is 0 Å². The summed E-state index contributed by atoms with van der Waals surface area (Å²) in [6.45, 7) is 2.77. The smallest absolute Gasteiger partial charge is 0.329 e. The lowest BCUT2D eigenvalue weighted by Crippen LogP contribution is -2.42. The van der Waals surface area contributed by atoms with Gasteiger partial charge in [0.15, 0.2) is 5.54 Å². The number of nitrogens with zero attached hydrogens (tertiary/aromatic N) is 1. The predicted octanol–water partition coefficient (Wildman–Crippen LogP) is 0.788. The van der Waals surface area contributed by atoms with Crippen molar-refractivity contribution in [1.82, 2.24) is 4.98 Å². The molecule has 1 atom stereocenters. The predicted molar refractivity (Wildman–Crippen MR) is 48.1 cm³/mol. The molecule has 0 amide bonds. The van der Waals surface area contributed by atoms with Gasteiger partial charge in [-0.2, -0.15) is 0 Å². The molecule has 5 heteroatoms. The zero-order chi connectivity index (χ0) is 10.9. The van der Waals surface area contributed by atoms with Gasteiger partial charge in [0.2, 0.25) is 0 Å². The molecule has 0 fully saturated rings. The molecule has 1 aromatic rings. The molecule has 0 saturated carbocycles. The molecule has 3 N–H and O–H groups in total. The molecule has 0 saturated heterocycles. The van der Waals surface area contributed by atoms with Crippen molar-refractivity contribution < 1.29 is 14.3 Å². The lowest BCUT2D eigenvalue weighted by Gasteiger charge is -2.18. The van der Waals surface area contributed by atoms with Crippen LogP contribution in [0.3, 0.4) is 0 Å². The van der Waals surface area contributed by atoms with Crippen molar-refractivity contribution in [3.8, 4) is 0 Å². The second-order valence-electron chi connectivity index (χ2n) is 3.27. The normalized spacial score (nSPS) is 14.9. The topological polar surface area (TPSA) is 76.2 Å². The van der Waals surface area contributed by atoms with Crippen LogP contribution < -0.4 is 5.73 Å². The van der Waals surface area contributed by atoms with Gasteiger partial charge in [0.05, 0.1) is 11.4 Å². The van der Waals surface area contributed by atoms with Crippen molar-refractivity contribution in [1.29, 1.82) is 0 Å². The Labute approximate surface area is 80.6 Å². The summed E-state index contributed by atoms with van der Waals surface area (Å²) < 4.78 is 12.8. The third kappa shape index (κ3) is 1.72. The molecule has 1 aromatic heterocycles. The second-order valence-corrected chi connectivity index (χ2v) is 3.27. The Morgan fingerprint density at radius 3 is 2.64 bits per heavy atom. The van der Waals surface area contributed by atoms with Crippen molar-refractivity contribution in [3.63, 3.8) is 0 Å². The molecule has 0 aliphatic carbocycles. The zero-order valence-corrected chi connectivity index (χ0v) is 7.91. The first-order valence-corrected chi connectivity index (χ1v) is 4.01. The number of carboxylic acids is 1. The first kappa shape index (κ1) is 10.6. The number of aromatic nitrogens is 1. The van der Waals surface area contributed by atoms with Crippen LogP contribution in [0.2, 0.25) is 0 Å². The number of pyridine rings is 1. The summed E-state index contributed by atoms with van der Waals surface area (Å²) in [5, 5.41) is 8.80. The third-order valence-electron chi connectivity index (χ3n) is 2.00. The standard InChI is InChI=1S/C9H11FN2O2/c1-5-6(10)3-4-7(12-5)9(2,11)8(13)14/h3-4H,11H2,1-2H3,(H,13,14). The molecule has 0 aliphatic rings. The molecule has 0 aromatic carbocycles. The maximum Gasteiger partial charge on any atom is 0.329 e. The number of aliphatic carboxylic acids is 1. The van der Waals surface area contributed by atoms with Gasteiger partial charge >= 0.3 is 5.97 Å². The van der Waals surface area contributed by atoms with E-state index in [4.69, 9.17) is 10.8 Å². The first-order chi connectivity index (χ1) is 6.35. The SMILES string of the molecule is Cc1nc(C(C)(N)C(=O)O)ccc1F. The van der Waals surface area contributed by atoms with Crippen molar-refractivity contribution >= 4 is 5.97 Å². The number of carboxylic acid groups (broad SMARTS) is 1. The van der Waals surface area contributed by atoms with E-state index in [0.29, 0.717) is 0 Å². The maximum absolute atomic E-state index is 12.8. The van der Waals surface area contributed by atoms with Crippen molar-refractivity contribution in [2.75, 3.05) is 0 Å². The van der Waals surface area contributed by atoms with Crippen molar-refractivity contribution in [2.24, 2.45) is 5.73 Å². The van der Waals surface area contributed by atoms with Gasteiger partial charge in [-0.05, 0) is 26.0 Å². The van der Waals surface area contributed by atoms with Crippen LogP contribution in [0.5, 0.6) is 0 Å². The van der Waals surface area contributed by atoms with Gasteiger partial charge in [0, 0.05) is 0 Å². The molecule has 1 rings (SSSR count). The molecule has 0 bridgehead atoms. The molecule has 1 heterocycles. The third-order valence-corrected chi connectivity index (χ3v) is 2.00. The number of carbonyl (C=O) groups is 1. The number of rotatable bonds is 2. The Balaban J connectivity index is 3.21. The number of hydrogen-bond donors (Lipinski definition) is 2. The summed E-state index contributed by atoms with van der Waals surface area (Å²) in [5.74, 6) is -1.68. The largest absolute Gasteiger partial charge is 0.480 e. The minimum absolute atomic E-state index is 0.139. The van der Waals surface area contributed by atoms with E-state index in [9.17, 15) is 9.18 Å². The van der Waals surface area contributed by atoms with E-state index in [-0.39, 0.29) is 11.4 Å². The fourth-order valence-corrected chi connectivity index (χ4v) is 0.943. The quantitative estimate of drug-likeness (QED) is 0.736. The highest BCUT2D eigenvalue weighted by molar-refractivity contribution is 5.79. The van der Waals surface area contributed by atoms with Crippen LogP contribution in [0.25, 0.3) is 0 Å². The maximum atomic E-state index is 12.8. The van der Waals surface area contributed by atoms with E-state index in [1.54, 1.807) is 0 Å². The zero-order valence-electron chi connectivity index (χ0n) is 7.91. The second kappa shape index (κ2) is 3.34.